The molecule has 25 heavy (non-hydrogen) atoms. The van der Waals surface area contributed by atoms with Gasteiger partial charge < -0.3 is 15.7 Å². The third-order valence-corrected chi connectivity index (χ3v) is 4.68. The predicted octanol–water partition coefficient (Wildman–Crippen LogP) is 2.59. The molecule has 1 aliphatic rings. The number of benzene rings is 1. The van der Waals surface area contributed by atoms with E-state index in [4.69, 9.17) is 0 Å². The Hall–Kier alpha value is -2.37. The molecule has 0 bridgehead atoms. The summed E-state index contributed by atoms with van der Waals surface area (Å²) in [7, 11) is 0. The van der Waals surface area contributed by atoms with Gasteiger partial charge in [-0.1, -0.05) is 19.3 Å². The van der Waals surface area contributed by atoms with Crippen LogP contribution >= 0.6 is 0 Å². The Bertz CT molecular complexity index is 631. The highest BCUT2D eigenvalue weighted by molar-refractivity contribution is 5.98. The molecule has 0 spiro atoms. The molecule has 1 fully saturated rings. The van der Waals surface area contributed by atoms with Gasteiger partial charge in [-0.15, -0.1) is 0 Å². The van der Waals surface area contributed by atoms with Crippen LogP contribution in [-0.4, -0.2) is 35.5 Å². The minimum absolute atomic E-state index is 0.0400. The second kappa shape index (κ2) is 8.14. The lowest BCUT2D eigenvalue weighted by atomic mass is 9.74. The highest BCUT2D eigenvalue weighted by Gasteiger charge is 2.39. The fourth-order valence-corrected chi connectivity index (χ4v) is 3.16. The van der Waals surface area contributed by atoms with Crippen molar-refractivity contribution in [3.8, 4) is 0 Å². The van der Waals surface area contributed by atoms with Crippen LogP contribution in [0.1, 0.15) is 66.7 Å². The predicted molar refractivity (Wildman–Crippen MR) is 94.5 cm³/mol. The molecule has 1 aliphatic carbocycles. The van der Waals surface area contributed by atoms with Gasteiger partial charge in [0.1, 0.15) is 0 Å². The normalized spacial score (nSPS) is 16.3. The smallest absolute Gasteiger partial charge is 0.311 e. The maximum absolute atomic E-state index is 12.3. The maximum atomic E-state index is 12.3. The van der Waals surface area contributed by atoms with E-state index in [-0.39, 0.29) is 24.4 Å². The van der Waals surface area contributed by atoms with Crippen LogP contribution in [0, 0.1) is 5.41 Å². The molecule has 1 saturated carbocycles. The molecule has 3 N–H and O–H groups in total. The number of carbonyl (C=O) groups excluding carboxylic acids is 2. The number of hydrogen-bond donors (Lipinski definition) is 3. The van der Waals surface area contributed by atoms with E-state index in [0.717, 1.165) is 19.3 Å². The summed E-state index contributed by atoms with van der Waals surface area (Å²) in [6.07, 6.45) is 3.99. The average Bonchev–Trinajstić information content (AvgIpc) is 2.60. The highest BCUT2D eigenvalue weighted by atomic mass is 16.4. The lowest BCUT2D eigenvalue weighted by Gasteiger charge is -2.33. The zero-order valence-corrected chi connectivity index (χ0v) is 14.8. The minimum Gasteiger partial charge on any atom is -0.481 e. The first-order valence-corrected chi connectivity index (χ1v) is 8.76. The van der Waals surface area contributed by atoms with E-state index in [2.05, 4.69) is 10.6 Å². The summed E-state index contributed by atoms with van der Waals surface area (Å²) < 4.78 is 0. The van der Waals surface area contributed by atoms with E-state index >= 15 is 0 Å². The van der Waals surface area contributed by atoms with Gasteiger partial charge in [-0.2, -0.15) is 0 Å². The molecule has 1 aromatic carbocycles. The Labute approximate surface area is 148 Å². The minimum atomic E-state index is -0.856. The molecule has 0 atom stereocenters. The van der Waals surface area contributed by atoms with Gasteiger partial charge in [-0.05, 0) is 51.0 Å². The first-order chi connectivity index (χ1) is 11.8. The molecule has 0 heterocycles. The van der Waals surface area contributed by atoms with Gasteiger partial charge in [0.15, 0.2) is 0 Å². The number of carbonyl (C=O) groups is 3. The number of carboxylic acid groups (broad SMARTS) is 1. The molecule has 2 rings (SSSR count). The van der Waals surface area contributed by atoms with Gasteiger partial charge in [0.05, 0.1) is 5.41 Å². The summed E-state index contributed by atoms with van der Waals surface area (Å²) in [5, 5.41) is 15.1. The lowest BCUT2D eigenvalue weighted by molar-refractivity contribution is -0.150. The van der Waals surface area contributed by atoms with Crippen LogP contribution in [0.2, 0.25) is 0 Å². The molecular formula is C19H26N2O4. The molecule has 6 nitrogen and oxygen atoms in total. The topological polar surface area (TPSA) is 95.5 Å². The number of nitrogens with one attached hydrogen (secondary N) is 2. The molecule has 0 radical (unpaired) electrons. The first-order valence-electron chi connectivity index (χ1n) is 8.76. The Kier molecular flexibility index (Phi) is 6.17. The summed E-state index contributed by atoms with van der Waals surface area (Å²) in [6.45, 7) is 3.89. The summed E-state index contributed by atoms with van der Waals surface area (Å²) in [6, 6.07) is 6.40. The molecule has 0 saturated heterocycles. The van der Waals surface area contributed by atoms with Crippen LogP contribution in [0.3, 0.4) is 0 Å². The number of carboxylic acids is 1. The summed E-state index contributed by atoms with van der Waals surface area (Å²) in [5.74, 6) is -1.34. The molecular weight excluding hydrogens is 320 g/mol. The largest absolute Gasteiger partial charge is 0.481 e. The Morgan fingerprint density at radius 3 is 2.00 bits per heavy atom. The van der Waals surface area contributed by atoms with Gasteiger partial charge in [0, 0.05) is 23.7 Å². The zero-order valence-electron chi connectivity index (χ0n) is 14.8. The number of hydrogen-bond acceptors (Lipinski definition) is 3. The monoisotopic (exact) mass is 346 g/mol. The van der Waals surface area contributed by atoms with E-state index in [1.165, 1.54) is 0 Å². The van der Waals surface area contributed by atoms with Gasteiger partial charge in [-0.25, -0.2) is 0 Å². The van der Waals surface area contributed by atoms with Crippen molar-refractivity contribution in [2.24, 2.45) is 5.41 Å². The standard InChI is InChI=1S/C19H26N2O4/c1-13(2)21-17(23)15-8-6-14(7-9-15)16(22)20-12-19(18(24)25)10-4-3-5-11-19/h6-9,13H,3-5,10-12H2,1-2H3,(H,20,22)(H,21,23)(H,24,25). The van der Waals surface area contributed by atoms with Crippen molar-refractivity contribution in [1.29, 1.82) is 0 Å². The third-order valence-electron chi connectivity index (χ3n) is 4.68. The van der Waals surface area contributed by atoms with Crippen LogP contribution < -0.4 is 10.6 Å². The highest BCUT2D eigenvalue weighted by Crippen LogP contribution is 2.36. The second-order valence-corrected chi connectivity index (χ2v) is 7.03. The zero-order chi connectivity index (χ0) is 18.4. The number of amides is 2. The molecule has 0 aliphatic heterocycles. The van der Waals surface area contributed by atoms with Gasteiger partial charge in [0.25, 0.3) is 11.8 Å². The van der Waals surface area contributed by atoms with Crippen LogP contribution in [-0.2, 0) is 4.79 Å². The molecule has 0 unspecified atom stereocenters. The van der Waals surface area contributed by atoms with Crippen LogP contribution in [0.5, 0.6) is 0 Å². The second-order valence-electron chi connectivity index (χ2n) is 7.03. The van der Waals surface area contributed by atoms with E-state index in [9.17, 15) is 19.5 Å². The van der Waals surface area contributed by atoms with Crippen LogP contribution in [0.25, 0.3) is 0 Å². The summed E-state index contributed by atoms with van der Waals surface area (Å²) >= 11 is 0. The van der Waals surface area contributed by atoms with Gasteiger partial charge in [-0.3, -0.25) is 14.4 Å². The van der Waals surface area contributed by atoms with Crippen molar-refractivity contribution in [3.05, 3.63) is 35.4 Å². The Morgan fingerprint density at radius 2 is 1.52 bits per heavy atom. The fourth-order valence-electron chi connectivity index (χ4n) is 3.16. The quantitative estimate of drug-likeness (QED) is 0.738. The van der Waals surface area contributed by atoms with Crippen molar-refractivity contribution in [2.75, 3.05) is 6.54 Å². The van der Waals surface area contributed by atoms with Crippen molar-refractivity contribution < 1.29 is 19.5 Å². The molecule has 136 valence electrons. The van der Waals surface area contributed by atoms with E-state index in [0.29, 0.717) is 24.0 Å². The third kappa shape index (κ3) is 4.81. The van der Waals surface area contributed by atoms with Crippen LogP contribution in [0.15, 0.2) is 24.3 Å². The van der Waals surface area contributed by atoms with Gasteiger partial charge in [0.2, 0.25) is 0 Å². The Balaban J connectivity index is 1.98. The molecule has 1 aromatic rings. The molecule has 6 heteroatoms. The molecule has 2 amide bonds. The van der Waals surface area contributed by atoms with Crippen molar-refractivity contribution >= 4 is 17.8 Å². The van der Waals surface area contributed by atoms with Crippen molar-refractivity contribution in [3.63, 3.8) is 0 Å². The summed E-state index contributed by atoms with van der Waals surface area (Å²) in [5.41, 5.74) is 0.0438. The van der Waals surface area contributed by atoms with Gasteiger partial charge >= 0.3 is 5.97 Å². The average molecular weight is 346 g/mol. The molecule has 0 aromatic heterocycles. The number of aliphatic carboxylic acids is 1. The maximum Gasteiger partial charge on any atom is 0.311 e. The Morgan fingerprint density at radius 1 is 1.00 bits per heavy atom. The lowest BCUT2D eigenvalue weighted by Crippen LogP contribution is -2.44. The van der Waals surface area contributed by atoms with E-state index in [1.807, 2.05) is 13.8 Å². The summed E-state index contributed by atoms with van der Waals surface area (Å²) in [4.78, 5) is 35.9. The van der Waals surface area contributed by atoms with Crippen molar-refractivity contribution in [1.82, 2.24) is 10.6 Å². The number of rotatable bonds is 6. The van der Waals surface area contributed by atoms with Crippen LogP contribution in [0.4, 0.5) is 0 Å². The fraction of sp³-hybridized carbons (Fsp3) is 0.526. The SMILES string of the molecule is CC(C)NC(=O)c1ccc(C(=O)NCC2(C(=O)O)CCCCC2)cc1. The first kappa shape index (κ1) is 19.0. The van der Waals surface area contributed by atoms with Crippen molar-refractivity contribution in [2.45, 2.75) is 52.0 Å². The van der Waals surface area contributed by atoms with E-state index in [1.54, 1.807) is 24.3 Å². The van der Waals surface area contributed by atoms with E-state index < -0.39 is 11.4 Å².